The molecule has 0 spiro atoms. The van der Waals surface area contributed by atoms with Gasteiger partial charge in [-0.15, -0.1) is 23.2 Å². The minimum Gasteiger partial charge on any atom is -0.127 e. The zero-order valence-electron chi connectivity index (χ0n) is 6.08. The molecule has 0 rings (SSSR count). The Bertz CT molecular complexity index is 63.8. The summed E-state index contributed by atoms with van der Waals surface area (Å²) in [6, 6.07) is 0. The summed E-state index contributed by atoms with van der Waals surface area (Å²) < 4.78 is 0. The van der Waals surface area contributed by atoms with Crippen LogP contribution in [0.3, 0.4) is 0 Å². The van der Waals surface area contributed by atoms with E-state index in [-0.39, 0.29) is 4.87 Å². The Morgan fingerprint density at radius 3 is 2.11 bits per heavy atom. The van der Waals surface area contributed by atoms with Gasteiger partial charge in [-0.05, 0) is 26.7 Å². The Kier molecular flexibility index (Phi) is 4.69. The first kappa shape index (κ1) is 9.58. The molecule has 0 nitrogen and oxygen atoms in total. The average molecular weight is 169 g/mol. The quantitative estimate of drug-likeness (QED) is 0.446. The molecule has 0 aliphatic rings. The van der Waals surface area contributed by atoms with Crippen LogP contribution in [0.2, 0.25) is 0 Å². The van der Waals surface area contributed by atoms with Crippen molar-refractivity contribution < 1.29 is 0 Å². The fraction of sp³-hybridized carbons (Fsp3) is 1.00. The van der Waals surface area contributed by atoms with E-state index in [1.165, 1.54) is 0 Å². The van der Waals surface area contributed by atoms with Crippen molar-refractivity contribution in [3.8, 4) is 0 Å². The summed E-state index contributed by atoms with van der Waals surface area (Å²) in [5, 5.41) is 0. The molecule has 0 fully saturated rings. The van der Waals surface area contributed by atoms with Crippen LogP contribution in [0.5, 0.6) is 0 Å². The molecule has 0 saturated carbocycles. The largest absolute Gasteiger partial charge is 0.127 e. The van der Waals surface area contributed by atoms with Crippen molar-refractivity contribution >= 4 is 23.2 Å². The van der Waals surface area contributed by atoms with Crippen molar-refractivity contribution in [3.63, 3.8) is 0 Å². The maximum atomic E-state index is 5.93. The van der Waals surface area contributed by atoms with E-state index in [0.29, 0.717) is 0 Å². The first-order valence-electron chi connectivity index (χ1n) is 3.31. The van der Waals surface area contributed by atoms with E-state index in [2.05, 4.69) is 0 Å². The first-order chi connectivity index (χ1) is 4.06. The molecule has 2 heteroatoms. The number of rotatable bonds is 4. The van der Waals surface area contributed by atoms with Crippen molar-refractivity contribution in [3.05, 3.63) is 0 Å². The smallest absolute Gasteiger partial charge is 0.0390 e. The lowest BCUT2D eigenvalue weighted by molar-refractivity contribution is 0.585. The maximum absolute atomic E-state index is 5.93. The highest BCUT2D eigenvalue weighted by atomic mass is 35.5. The Morgan fingerprint density at radius 2 is 1.78 bits per heavy atom. The second kappa shape index (κ2) is 4.40. The third-order valence-electron chi connectivity index (χ3n) is 1.15. The minimum absolute atomic E-state index is 0.0357. The summed E-state index contributed by atoms with van der Waals surface area (Å²) in [7, 11) is 0. The molecular weight excluding hydrogens is 155 g/mol. The molecule has 0 aromatic rings. The van der Waals surface area contributed by atoms with E-state index in [4.69, 9.17) is 23.2 Å². The predicted molar refractivity (Wildman–Crippen MR) is 44.5 cm³/mol. The normalized spacial score (nSPS) is 12.0. The van der Waals surface area contributed by atoms with Crippen LogP contribution in [0.1, 0.15) is 33.1 Å². The van der Waals surface area contributed by atoms with Crippen molar-refractivity contribution in [1.29, 1.82) is 0 Å². The average Bonchev–Trinajstić information content (AvgIpc) is 1.63. The Hall–Kier alpha value is 0.580. The van der Waals surface area contributed by atoms with Crippen LogP contribution in [0.4, 0.5) is 0 Å². The number of hydrogen-bond acceptors (Lipinski definition) is 0. The zero-order chi connectivity index (χ0) is 7.33. The van der Waals surface area contributed by atoms with E-state index in [1.807, 2.05) is 13.8 Å². The van der Waals surface area contributed by atoms with Crippen molar-refractivity contribution in [1.82, 2.24) is 0 Å². The lowest BCUT2D eigenvalue weighted by atomic mass is 10.1. The van der Waals surface area contributed by atoms with Crippen LogP contribution < -0.4 is 0 Å². The van der Waals surface area contributed by atoms with Crippen molar-refractivity contribution in [2.24, 2.45) is 0 Å². The first-order valence-corrected chi connectivity index (χ1v) is 4.22. The van der Waals surface area contributed by atoms with Gasteiger partial charge in [0.1, 0.15) is 0 Å². The van der Waals surface area contributed by atoms with Gasteiger partial charge in [0.15, 0.2) is 0 Å². The molecule has 0 unspecified atom stereocenters. The van der Waals surface area contributed by atoms with Gasteiger partial charge >= 0.3 is 0 Å². The summed E-state index contributed by atoms with van der Waals surface area (Å²) in [6.07, 6.45) is 3.28. The van der Waals surface area contributed by atoms with Crippen LogP contribution in [-0.4, -0.2) is 10.8 Å². The SMILES string of the molecule is CC(C)(Cl)CCCCCl. The molecule has 0 bridgehead atoms. The number of halogens is 2. The van der Waals surface area contributed by atoms with Crippen LogP contribution in [-0.2, 0) is 0 Å². The molecule has 0 aromatic heterocycles. The molecule has 0 atom stereocenters. The molecule has 0 amide bonds. The molecule has 0 aliphatic heterocycles. The third kappa shape index (κ3) is 8.58. The molecule has 0 N–H and O–H groups in total. The second-order valence-corrected chi connectivity index (χ2v) is 4.27. The maximum Gasteiger partial charge on any atom is 0.0390 e. The third-order valence-corrected chi connectivity index (χ3v) is 1.61. The summed E-state index contributed by atoms with van der Waals surface area (Å²) in [5.41, 5.74) is 0. The number of alkyl halides is 2. The Labute approximate surface area is 67.5 Å². The fourth-order valence-corrected chi connectivity index (χ4v) is 0.962. The van der Waals surface area contributed by atoms with Crippen LogP contribution in [0, 0.1) is 0 Å². The van der Waals surface area contributed by atoms with Crippen LogP contribution >= 0.6 is 23.2 Å². The monoisotopic (exact) mass is 168 g/mol. The number of unbranched alkanes of at least 4 members (excludes halogenated alkanes) is 1. The van der Waals surface area contributed by atoms with Gasteiger partial charge in [-0.25, -0.2) is 0 Å². The summed E-state index contributed by atoms with van der Waals surface area (Å²) >= 11 is 11.4. The van der Waals surface area contributed by atoms with E-state index in [1.54, 1.807) is 0 Å². The topological polar surface area (TPSA) is 0 Å². The number of hydrogen-bond donors (Lipinski definition) is 0. The highest BCUT2D eigenvalue weighted by Crippen LogP contribution is 2.20. The van der Waals surface area contributed by atoms with Gasteiger partial charge in [0.25, 0.3) is 0 Å². The molecule has 0 radical (unpaired) electrons. The van der Waals surface area contributed by atoms with E-state index >= 15 is 0 Å². The standard InChI is InChI=1S/C7H14Cl2/c1-7(2,9)5-3-4-6-8/h3-6H2,1-2H3. The Morgan fingerprint density at radius 1 is 1.22 bits per heavy atom. The molecule has 0 aromatic carbocycles. The van der Waals surface area contributed by atoms with Crippen LogP contribution in [0.15, 0.2) is 0 Å². The molecule has 9 heavy (non-hydrogen) atoms. The second-order valence-electron chi connectivity index (χ2n) is 2.86. The van der Waals surface area contributed by atoms with Gasteiger partial charge in [0.2, 0.25) is 0 Å². The van der Waals surface area contributed by atoms with Gasteiger partial charge in [0, 0.05) is 10.8 Å². The highest BCUT2D eigenvalue weighted by molar-refractivity contribution is 6.23. The zero-order valence-corrected chi connectivity index (χ0v) is 7.60. The summed E-state index contributed by atoms with van der Waals surface area (Å²) in [6.45, 7) is 4.06. The highest BCUT2D eigenvalue weighted by Gasteiger charge is 2.11. The summed E-state index contributed by atoms with van der Waals surface area (Å²) in [4.78, 5) is -0.0357. The molecule has 0 saturated heterocycles. The van der Waals surface area contributed by atoms with Gasteiger partial charge < -0.3 is 0 Å². The van der Waals surface area contributed by atoms with Gasteiger partial charge in [-0.3, -0.25) is 0 Å². The lowest BCUT2D eigenvalue weighted by Crippen LogP contribution is -2.08. The van der Waals surface area contributed by atoms with Gasteiger partial charge in [0.05, 0.1) is 0 Å². The Balaban J connectivity index is 3.07. The fourth-order valence-electron chi connectivity index (χ4n) is 0.640. The van der Waals surface area contributed by atoms with Crippen molar-refractivity contribution in [2.45, 2.75) is 38.0 Å². The van der Waals surface area contributed by atoms with Crippen LogP contribution in [0.25, 0.3) is 0 Å². The van der Waals surface area contributed by atoms with Gasteiger partial charge in [-0.1, -0.05) is 6.42 Å². The van der Waals surface area contributed by atoms with Gasteiger partial charge in [-0.2, -0.15) is 0 Å². The predicted octanol–water partition coefficient (Wildman–Crippen LogP) is 3.41. The summed E-state index contributed by atoms with van der Waals surface area (Å²) in [5.74, 6) is 0.757. The van der Waals surface area contributed by atoms with E-state index in [9.17, 15) is 0 Å². The molecule has 56 valence electrons. The molecule has 0 heterocycles. The lowest BCUT2D eigenvalue weighted by Gasteiger charge is -2.13. The van der Waals surface area contributed by atoms with E-state index < -0.39 is 0 Å². The molecular formula is C7H14Cl2. The van der Waals surface area contributed by atoms with Crippen molar-refractivity contribution in [2.75, 3.05) is 5.88 Å². The molecule has 0 aliphatic carbocycles. The van der Waals surface area contributed by atoms with E-state index in [0.717, 1.165) is 25.1 Å². The minimum atomic E-state index is -0.0357.